The van der Waals surface area contributed by atoms with E-state index in [2.05, 4.69) is 23.8 Å². The molecule has 17 heavy (non-hydrogen) atoms. The zero-order valence-corrected chi connectivity index (χ0v) is 11.7. The van der Waals surface area contributed by atoms with Gasteiger partial charge in [0.2, 0.25) is 0 Å². The lowest BCUT2D eigenvalue weighted by molar-refractivity contribution is 0.233. The predicted octanol–water partition coefficient (Wildman–Crippen LogP) is 4.74. The molecule has 1 aromatic rings. The zero-order valence-electron chi connectivity index (χ0n) is 10.9. The summed E-state index contributed by atoms with van der Waals surface area (Å²) in [7, 11) is 0. The van der Waals surface area contributed by atoms with Gasteiger partial charge in [-0.3, -0.25) is 0 Å². The summed E-state index contributed by atoms with van der Waals surface area (Å²) in [5.41, 5.74) is 7.72. The van der Waals surface area contributed by atoms with E-state index in [1.807, 2.05) is 0 Å². The molecule has 0 radical (unpaired) electrons. The summed E-state index contributed by atoms with van der Waals surface area (Å²) in [4.78, 5) is 0. The van der Waals surface area contributed by atoms with Crippen molar-refractivity contribution < 1.29 is 0 Å². The molecular formula is C15H25NS. The molecule has 0 spiro atoms. The van der Waals surface area contributed by atoms with Crippen molar-refractivity contribution >= 4 is 11.3 Å². The molecule has 1 aliphatic carbocycles. The molecule has 0 aromatic carbocycles. The van der Waals surface area contributed by atoms with E-state index in [1.54, 1.807) is 11.3 Å². The Balaban J connectivity index is 1.79. The van der Waals surface area contributed by atoms with E-state index >= 15 is 0 Å². The lowest BCUT2D eigenvalue weighted by Gasteiger charge is -2.32. The first-order valence-electron chi connectivity index (χ1n) is 7.09. The van der Waals surface area contributed by atoms with E-state index in [9.17, 15) is 0 Å². The Morgan fingerprint density at radius 2 is 2.12 bits per heavy atom. The van der Waals surface area contributed by atoms with Crippen LogP contribution in [0.15, 0.2) is 16.8 Å². The first-order valence-corrected chi connectivity index (χ1v) is 8.03. The van der Waals surface area contributed by atoms with Crippen LogP contribution in [-0.2, 0) is 0 Å². The summed E-state index contributed by atoms with van der Waals surface area (Å²) >= 11 is 1.76. The number of thiophene rings is 1. The highest BCUT2D eigenvalue weighted by Crippen LogP contribution is 2.37. The third kappa shape index (κ3) is 3.56. The smallest absolute Gasteiger partial charge is 0.0331 e. The fourth-order valence-corrected chi connectivity index (χ4v) is 3.77. The van der Waals surface area contributed by atoms with Crippen LogP contribution in [0.2, 0.25) is 0 Å². The minimum absolute atomic E-state index is 0.286. The molecule has 1 saturated carbocycles. The van der Waals surface area contributed by atoms with E-state index in [0.717, 1.165) is 11.8 Å². The molecule has 1 aromatic heterocycles. The Labute approximate surface area is 109 Å². The van der Waals surface area contributed by atoms with Crippen molar-refractivity contribution in [3.8, 4) is 0 Å². The lowest BCUT2D eigenvalue weighted by atomic mass is 9.76. The van der Waals surface area contributed by atoms with Crippen LogP contribution < -0.4 is 5.73 Å². The second kappa shape index (κ2) is 6.55. The Morgan fingerprint density at radius 3 is 2.71 bits per heavy atom. The quantitative estimate of drug-likeness (QED) is 0.803. The molecule has 96 valence electrons. The number of hydrogen-bond donors (Lipinski definition) is 1. The van der Waals surface area contributed by atoms with Gasteiger partial charge in [-0.1, -0.05) is 39.0 Å². The fraction of sp³-hybridized carbons (Fsp3) is 0.733. The largest absolute Gasteiger partial charge is 0.324 e. The highest BCUT2D eigenvalue weighted by atomic mass is 32.1. The third-order valence-corrected chi connectivity index (χ3v) is 4.99. The number of nitrogens with two attached hydrogens (primary N) is 1. The van der Waals surface area contributed by atoms with Crippen molar-refractivity contribution in [1.82, 2.24) is 0 Å². The molecule has 1 atom stereocenters. The van der Waals surface area contributed by atoms with Gasteiger partial charge >= 0.3 is 0 Å². The van der Waals surface area contributed by atoms with E-state index in [-0.39, 0.29) is 6.04 Å². The normalized spacial score (nSPS) is 26.9. The summed E-state index contributed by atoms with van der Waals surface area (Å²) in [6.45, 7) is 2.29. The van der Waals surface area contributed by atoms with Crippen molar-refractivity contribution in [3.05, 3.63) is 22.4 Å². The van der Waals surface area contributed by atoms with Crippen LogP contribution in [0.1, 0.15) is 63.5 Å². The second-order valence-electron chi connectivity index (χ2n) is 5.51. The Hall–Kier alpha value is -0.340. The van der Waals surface area contributed by atoms with E-state index in [1.165, 1.54) is 50.5 Å². The molecule has 0 bridgehead atoms. The molecule has 1 nitrogen and oxygen atoms in total. The molecule has 2 rings (SSSR count). The van der Waals surface area contributed by atoms with Crippen LogP contribution in [0, 0.1) is 11.8 Å². The van der Waals surface area contributed by atoms with Gasteiger partial charge in [-0.2, -0.15) is 11.3 Å². The molecule has 1 aliphatic rings. The van der Waals surface area contributed by atoms with Crippen LogP contribution in [0.5, 0.6) is 0 Å². The standard InChI is InChI=1S/C15H25NS/c1-2-3-4-12-5-7-13(8-6-12)15(16)14-9-10-17-11-14/h9-13,15H,2-8,16H2,1H3. The molecule has 1 heterocycles. The maximum Gasteiger partial charge on any atom is 0.0331 e. The predicted molar refractivity (Wildman–Crippen MR) is 76.2 cm³/mol. The molecular weight excluding hydrogens is 226 g/mol. The highest BCUT2D eigenvalue weighted by molar-refractivity contribution is 7.07. The summed E-state index contributed by atoms with van der Waals surface area (Å²) < 4.78 is 0. The summed E-state index contributed by atoms with van der Waals surface area (Å²) in [5, 5.41) is 4.36. The molecule has 0 amide bonds. The minimum Gasteiger partial charge on any atom is -0.324 e. The minimum atomic E-state index is 0.286. The van der Waals surface area contributed by atoms with Crippen LogP contribution in [-0.4, -0.2) is 0 Å². The van der Waals surface area contributed by atoms with E-state index < -0.39 is 0 Å². The van der Waals surface area contributed by atoms with Crippen molar-refractivity contribution in [2.24, 2.45) is 17.6 Å². The first kappa shape index (κ1) is 13.1. The van der Waals surface area contributed by atoms with Crippen LogP contribution >= 0.6 is 11.3 Å². The summed E-state index contributed by atoms with van der Waals surface area (Å²) in [6, 6.07) is 2.48. The Bertz CT molecular complexity index is 299. The van der Waals surface area contributed by atoms with Crippen LogP contribution in [0.4, 0.5) is 0 Å². The topological polar surface area (TPSA) is 26.0 Å². The average molecular weight is 251 g/mol. The molecule has 2 N–H and O–H groups in total. The maximum absolute atomic E-state index is 6.37. The fourth-order valence-electron chi connectivity index (χ4n) is 3.07. The number of rotatable bonds is 5. The Kier molecular flexibility index (Phi) is 5.05. The monoisotopic (exact) mass is 251 g/mol. The van der Waals surface area contributed by atoms with Gasteiger partial charge in [-0.15, -0.1) is 0 Å². The molecule has 0 saturated heterocycles. The van der Waals surface area contributed by atoms with Gasteiger partial charge in [-0.05, 0) is 47.1 Å². The van der Waals surface area contributed by atoms with Gasteiger partial charge in [0, 0.05) is 6.04 Å². The lowest BCUT2D eigenvalue weighted by Crippen LogP contribution is -2.25. The zero-order chi connectivity index (χ0) is 12.1. The highest BCUT2D eigenvalue weighted by Gasteiger charge is 2.26. The van der Waals surface area contributed by atoms with Gasteiger partial charge in [-0.25, -0.2) is 0 Å². The van der Waals surface area contributed by atoms with E-state index in [0.29, 0.717) is 0 Å². The van der Waals surface area contributed by atoms with Crippen molar-refractivity contribution in [3.63, 3.8) is 0 Å². The molecule has 1 unspecified atom stereocenters. The van der Waals surface area contributed by atoms with Crippen molar-refractivity contribution in [2.45, 2.75) is 57.9 Å². The van der Waals surface area contributed by atoms with Gasteiger partial charge in [0.25, 0.3) is 0 Å². The van der Waals surface area contributed by atoms with Gasteiger partial charge in [0.05, 0.1) is 0 Å². The summed E-state index contributed by atoms with van der Waals surface area (Å²) in [5.74, 6) is 1.71. The molecule has 2 heteroatoms. The van der Waals surface area contributed by atoms with Gasteiger partial charge < -0.3 is 5.73 Å². The maximum atomic E-state index is 6.37. The molecule has 0 aliphatic heterocycles. The van der Waals surface area contributed by atoms with Crippen LogP contribution in [0.25, 0.3) is 0 Å². The number of unbranched alkanes of at least 4 members (excludes halogenated alkanes) is 1. The Morgan fingerprint density at radius 1 is 1.35 bits per heavy atom. The van der Waals surface area contributed by atoms with Crippen LogP contribution in [0.3, 0.4) is 0 Å². The van der Waals surface area contributed by atoms with Gasteiger partial charge in [0.1, 0.15) is 0 Å². The van der Waals surface area contributed by atoms with E-state index in [4.69, 9.17) is 5.73 Å². The molecule has 1 fully saturated rings. The number of hydrogen-bond acceptors (Lipinski definition) is 2. The van der Waals surface area contributed by atoms with Crippen molar-refractivity contribution in [2.75, 3.05) is 0 Å². The van der Waals surface area contributed by atoms with Gasteiger partial charge in [0.15, 0.2) is 0 Å². The average Bonchev–Trinajstić information content (AvgIpc) is 2.90. The van der Waals surface area contributed by atoms with Crippen molar-refractivity contribution in [1.29, 1.82) is 0 Å². The summed E-state index contributed by atoms with van der Waals surface area (Å²) in [6.07, 6.45) is 9.68. The SMILES string of the molecule is CCCCC1CCC(C(N)c2ccsc2)CC1. The third-order valence-electron chi connectivity index (χ3n) is 4.29. The first-order chi connectivity index (χ1) is 8.31. The second-order valence-corrected chi connectivity index (χ2v) is 6.29.